The summed E-state index contributed by atoms with van der Waals surface area (Å²) in [4.78, 5) is 29.2. The number of carboxylic acids is 1. The van der Waals surface area contributed by atoms with Crippen LogP contribution in [0.25, 0.3) is 0 Å². The molecule has 1 atom stereocenters. The Morgan fingerprint density at radius 3 is 2.68 bits per heavy atom. The maximum absolute atomic E-state index is 12.6. The van der Waals surface area contributed by atoms with Crippen LogP contribution in [0.3, 0.4) is 0 Å². The summed E-state index contributed by atoms with van der Waals surface area (Å²) in [5.41, 5.74) is 0.415. The van der Waals surface area contributed by atoms with Gasteiger partial charge in [0, 0.05) is 31.0 Å². The molecule has 1 aromatic carbocycles. The van der Waals surface area contributed by atoms with Gasteiger partial charge in [0.1, 0.15) is 11.5 Å². The highest BCUT2D eigenvalue weighted by Gasteiger charge is 2.28. The predicted molar refractivity (Wildman–Crippen MR) is 92.0 cm³/mol. The number of rotatable bonds is 4. The molecular weight excluding hydrogens is 344 g/mol. The standard InChI is InChI=1S/C18H17ClN2O4/c19-15-10-12(3-4-16(15)25-14-5-7-20-8-6-14)17(22)21-9-1-2-13(11-21)18(23)24/h3-8,10,13H,1-2,9,11H2,(H,23,24). The van der Waals surface area contributed by atoms with E-state index >= 15 is 0 Å². The highest BCUT2D eigenvalue weighted by atomic mass is 35.5. The molecule has 7 heteroatoms. The van der Waals surface area contributed by atoms with Crippen molar-refractivity contribution in [3.05, 3.63) is 53.3 Å². The van der Waals surface area contributed by atoms with Crippen molar-refractivity contribution < 1.29 is 19.4 Å². The molecule has 0 spiro atoms. The van der Waals surface area contributed by atoms with Crippen LogP contribution in [0.4, 0.5) is 0 Å². The van der Waals surface area contributed by atoms with Gasteiger partial charge in [0.05, 0.1) is 10.9 Å². The number of carbonyl (C=O) groups is 2. The first-order valence-corrected chi connectivity index (χ1v) is 8.32. The van der Waals surface area contributed by atoms with E-state index in [4.69, 9.17) is 21.4 Å². The molecule has 1 unspecified atom stereocenters. The topological polar surface area (TPSA) is 79.7 Å². The molecule has 1 aromatic heterocycles. The smallest absolute Gasteiger partial charge is 0.308 e. The van der Waals surface area contributed by atoms with Crippen LogP contribution >= 0.6 is 11.6 Å². The molecule has 0 saturated carbocycles. The lowest BCUT2D eigenvalue weighted by Crippen LogP contribution is -2.42. The summed E-state index contributed by atoms with van der Waals surface area (Å²) in [6, 6.07) is 8.22. The molecule has 130 valence electrons. The monoisotopic (exact) mass is 360 g/mol. The Morgan fingerprint density at radius 2 is 2.00 bits per heavy atom. The van der Waals surface area contributed by atoms with Crippen molar-refractivity contribution in [3.63, 3.8) is 0 Å². The Hall–Kier alpha value is -2.60. The fourth-order valence-corrected chi connectivity index (χ4v) is 3.01. The maximum Gasteiger partial charge on any atom is 0.308 e. The average molecular weight is 361 g/mol. The molecule has 25 heavy (non-hydrogen) atoms. The van der Waals surface area contributed by atoms with Gasteiger partial charge in [-0.05, 0) is 43.2 Å². The highest BCUT2D eigenvalue weighted by Crippen LogP contribution is 2.30. The number of pyridine rings is 1. The van der Waals surface area contributed by atoms with Crippen LogP contribution in [0.1, 0.15) is 23.2 Å². The number of carbonyl (C=O) groups excluding carboxylic acids is 1. The SMILES string of the molecule is O=C(O)C1CCCN(C(=O)c2ccc(Oc3ccncc3)c(Cl)c2)C1. The van der Waals surface area contributed by atoms with Crippen LogP contribution in [-0.4, -0.2) is 40.0 Å². The molecule has 2 aromatic rings. The zero-order valence-electron chi connectivity index (χ0n) is 13.4. The van der Waals surface area contributed by atoms with Gasteiger partial charge < -0.3 is 14.7 Å². The van der Waals surface area contributed by atoms with E-state index in [1.165, 1.54) is 0 Å². The predicted octanol–water partition coefficient (Wildman–Crippen LogP) is 3.46. The van der Waals surface area contributed by atoms with Crippen molar-refractivity contribution in [1.29, 1.82) is 0 Å². The number of aliphatic carboxylic acids is 1. The molecule has 0 bridgehead atoms. The number of amides is 1. The maximum atomic E-state index is 12.6. The van der Waals surface area contributed by atoms with E-state index < -0.39 is 11.9 Å². The number of halogens is 1. The quantitative estimate of drug-likeness (QED) is 0.903. The molecule has 1 fully saturated rings. The van der Waals surface area contributed by atoms with E-state index in [0.29, 0.717) is 41.5 Å². The number of nitrogens with zero attached hydrogens (tertiary/aromatic N) is 2. The normalized spacial score (nSPS) is 17.2. The van der Waals surface area contributed by atoms with Crippen LogP contribution in [0.15, 0.2) is 42.7 Å². The van der Waals surface area contributed by atoms with E-state index in [2.05, 4.69) is 4.98 Å². The molecule has 3 rings (SSSR count). The third-order valence-corrected chi connectivity index (χ3v) is 4.41. The van der Waals surface area contributed by atoms with Gasteiger partial charge in [-0.15, -0.1) is 0 Å². The van der Waals surface area contributed by atoms with E-state index in [9.17, 15) is 9.59 Å². The first kappa shape index (κ1) is 17.2. The summed E-state index contributed by atoms with van der Waals surface area (Å²) in [7, 11) is 0. The van der Waals surface area contributed by atoms with Crippen molar-refractivity contribution in [1.82, 2.24) is 9.88 Å². The van der Waals surface area contributed by atoms with Gasteiger partial charge in [-0.1, -0.05) is 11.6 Å². The van der Waals surface area contributed by atoms with Gasteiger partial charge in [0.15, 0.2) is 0 Å². The zero-order valence-corrected chi connectivity index (χ0v) is 14.1. The summed E-state index contributed by atoms with van der Waals surface area (Å²) in [5.74, 6) is -0.565. The molecular formula is C18H17ClN2O4. The van der Waals surface area contributed by atoms with E-state index in [1.54, 1.807) is 47.6 Å². The molecule has 0 aliphatic carbocycles. The molecule has 1 saturated heterocycles. The number of carboxylic acid groups (broad SMARTS) is 1. The molecule has 6 nitrogen and oxygen atoms in total. The molecule has 1 aliphatic heterocycles. The summed E-state index contributed by atoms with van der Waals surface area (Å²) >= 11 is 6.24. The third-order valence-electron chi connectivity index (χ3n) is 4.11. The second kappa shape index (κ2) is 7.53. The first-order valence-electron chi connectivity index (χ1n) is 7.94. The lowest BCUT2D eigenvalue weighted by Gasteiger charge is -2.30. The number of hydrogen-bond acceptors (Lipinski definition) is 4. The van der Waals surface area contributed by atoms with Gasteiger partial charge >= 0.3 is 5.97 Å². The van der Waals surface area contributed by atoms with Crippen molar-refractivity contribution >= 4 is 23.5 Å². The average Bonchev–Trinajstić information content (AvgIpc) is 2.64. The largest absolute Gasteiger partial charge is 0.481 e. The van der Waals surface area contributed by atoms with E-state index in [1.807, 2.05) is 0 Å². The number of benzene rings is 1. The lowest BCUT2D eigenvalue weighted by atomic mass is 9.97. The number of ether oxygens (including phenoxy) is 1. The number of piperidine rings is 1. The fraction of sp³-hybridized carbons (Fsp3) is 0.278. The number of aromatic nitrogens is 1. The Balaban J connectivity index is 1.73. The summed E-state index contributed by atoms with van der Waals surface area (Å²) < 4.78 is 5.66. The minimum Gasteiger partial charge on any atom is -0.481 e. The number of hydrogen-bond donors (Lipinski definition) is 1. The molecule has 0 radical (unpaired) electrons. The second-order valence-electron chi connectivity index (χ2n) is 5.86. The van der Waals surface area contributed by atoms with Gasteiger partial charge in [0.25, 0.3) is 5.91 Å². The summed E-state index contributed by atoms with van der Waals surface area (Å²) in [5, 5.41) is 9.46. The second-order valence-corrected chi connectivity index (χ2v) is 6.27. The van der Waals surface area contributed by atoms with Crippen LogP contribution in [0, 0.1) is 5.92 Å². The van der Waals surface area contributed by atoms with Gasteiger partial charge in [0.2, 0.25) is 0 Å². The third kappa shape index (κ3) is 4.09. The van der Waals surface area contributed by atoms with Crippen LogP contribution < -0.4 is 4.74 Å². The fourth-order valence-electron chi connectivity index (χ4n) is 2.80. The van der Waals surface area contributed by atoms with E-state index in [-0.39, 0.29) is 12.5 Å². The van der Waals surface area contributed by atoms with Crippen molar-refractivity contribution in [2.24, 2.45) is 5.92 Å². The number of likely N-dealkylation sites (tertiary alicyclic amines) is 1. The summed E-state index contributed by atoms with van der Waals surface area (Å²) in [6.07, 6.45) is 4.49. The van der Waals surface area contributed by atoms with Crippen LogP contribution in [0.5, 0.6) is 11.5 Å². The van der Waals surface area contributed by atoms with Gasteiger partial charge in [-0.2, -0.15) is 0 Å². The van der Waals surface area contributed by atoms with Crippen molar-refractivity contribution in [2.45, 2.75) is 12.8 Å². The first-order chi connectivity index (χ1) is 12.0. The van der Waals surface area contributed by atoms with E-state index in [0.717, 1.165) is 0 Å². The van der Waals surface area contributed by atoms with Gasteiger partial charge in [-0.3, -0.25) is 14.6 Å². The minimum absolute atomic E-state index is 0.219. The van der Waals surface area contributed by atoms with Crippen molar-refractivity contribution in [3.8, 4) is 11.5 Å². The lowest BCUT2D eigenvalue weighted by molar-refractivity contribution is -0.143. The van der Waals surface area contributed by atoms with Crippen LogP contribution in [0.2, 0.25) is 5.02 Å². The minimum atomic E-state index is -0.864. The Labute approximate surface area is 150 Å². The summed E-state index contributed by atoms with van der Waals surface area (Å²) in [6.45, 7) is 0.774. The Bertz CT molecular complexity index is 782. The van der Waals surface area contributed by atoms with Gasteiger partial charge in [-0.25, -0.2) is 0 Å². The highest BCUT2D eigenvalue weighted by molar-refractivity contribution is 6.32. The Morgan fingerprint density at radius 1 is 1.24 bits per heavy atom. The molecule has 1 aliphatic rings. The van der Waals surface area contributed by atoms with Crippen molar-refractivity contribution in [2.75, 3.05) is 13.1 Å². The molecule has 2 heterocycles. The molecule has 1 amide bonds. The zero-order chi connectivity index (χ0) is 17.8. The van der Waals surface area contributed by atoms with Crippen LogP contribution in [-0.2, 0) is 4.79 Å². The molecule has 1 N–H and O–H groups in total. The Kier molecular flexibility index (Phi) is 5.19.